The minimum absolute atomic E-state index is 0.0118. The Hall–Kier alpha value is -4.27. The summed E-state index contributed by atoms with van der Waals surface area (Å²) in [6, 6.07) is 12.0. The average molecular weight is 718 g/mol. The zero-order valence-electron chi connectivity index (χ0n) is 28.2. The average Bonchev–Trinajstić information content (AvgIpc) is 3.57. The van der Waals surface area contributed by atoms with E-state index in [9.17, 15) is 19.2 Å². The number of ether oxygens (including phenoxy) is 7. The van der Waals surface area contributed by atoms with Crippen molar-refractivity contribution in [2.45, 2.75) is 95.0 Å². The number of nitrogens with one attached hydrogen (secondary N) is 3. The van der Waals surface area contributed by atoms with E-state index in [1.54, 1.807) is 31.2 Å². The number of carbonyl (C=O) groups excluding carboxylic acids is 4. The molecule has 5 rings (SSSR count). The van der Waals surface area contributed by atoms with Gasteiger partial charge >= 0.3 is 18.2 Å². The molecule has 14 nitrogen and oxygen atoms in total. The Balaban J connectivity index is 1.15. The van der Waals surface area contributed by atoms with Gasteiger partial charge in [-0.15, -0.1) is 0 Å². The van der Waals surface area contributed by atoms with Gasteiger partial charge in [-0.2, -0.15) is 0 Å². The number of rotatable bonds is 13. The monoisotopic (exact) mass is 717 g/mol. The van der Waals surface area contributed by atoms with Gasteiger partial charge in [0.15, 0.2) is 17.3 Å². The topological polar surface area (TPSA) is 169 Å². The van der Waals surface area contributed by atoms with Gasteiger partial charge < -0.3 is 49.1 Å². The molecule has 2 aromatic carbocycles. The Kier molecular flexibility index (Phi) is 13.0. The lowest BCUT2D eigenvalue weighted by atomic mass is 9.90. The van der Waals surface area contributed by atoms with Crippen LogP contribution in [0.15, 0.2) is 42.5 Å². The minimum Gasteiger partial charge on any atom is -0.467 e. The van der Waals surface area contributed by atoms with Gasteiger partial charge in [-0.05, 0) is 68.0 Å². The van der Waals surface area contributed by atoms with Crippen LogP contribution in [0.1, 0.15) is 63.0 Å². The highest BCUT2D eigenvalue weighted by Crippen LogP contribution is 2.41. The molecule has 50 heavy (non-hydrogen) atoms. The number of hydrogen-bond acceptors (Lipinski definition) is 11. The molecule has 5 atom stereocenters. The first-order chi connectivity index (χ1) is 24.1. The molecule has 0 saturated carbocycles. The highest BCUT2D eigenvalue weighted by atomic mass is 35.5. The molecule has 3 aliphatic heterocycles. The van der Waals surface area contributed by atoms with Gasteiger partial charge in [0, 0.05) is 43.8 Å². The normalized spacial score (nSPS) is 23.0. The van der Waals surface area contributed by atoms with Gasteiger partial charge in [0.1, 0.15) is 18.8 Å². The molecule has 2 saturated heterocycles. The number of esters is 1. The molecule has 15 heteroatoms. The van der Waals surface area contributed by atoms with Crippen LogP contribution in [0.2, 0.25) is 5.02 Å². The van der Waals surface area contributed by atoms with Crippen molar-refractivity contribution in [2.24, 2.45) is 0 Å². The van der Waals surface area contributed by atoms with E-state index < -0.39 is 48.3 Å². The first-order valence-corrected chi connectivity index (χ1v) is 17.2. The summed E-state index contributed by atoms with van der Waals surface area (Å²) in [6.45, 7) is 2.31. The Morgan fingerprint density at radius 1 is 0.980 bits per heavy atom. The summed E-state index contributed by atoms with van der Waals surface area (Å²) < 4.78 is 39.7. The number of fused-ring (bicyclic) bond motifs is 1. The first-order valence-electron chi connectivity index (χ1n) is 16.8. The number of benzene rings is 2. The van der Waals surface area contributed by atoms with Crippen LogP contribution in [0.4, 0.5) is 9.59 Å². The van der Waals surface area contributed by atoms with Crippen LogP contribution < -0.4 is 25.4 Å². The number of halogens is 1. The molecule has 0 unspecified atom stereocenters. The molecule has 3 aliphatic rings. The van der Waals surface area contributed by atoms with Crippen molar-refractivity contribution in [1.29, 1.82) is 0 Å². The molecular formula is C35H44ClN3O11. The van der Waals surface area contributed by atoms with E-state index >= 15 is 0 Å². The maximum Gasteiger partial charge on any atom is 0.407 e. The molecule has 0 radical (unpaired) electrons. The SMILES string of the molecule is COC(=O)[C@H](C)NC(=O)CC[C@@H]1C[C@@H](OC(=O)NCc2ccc3c(c2)OCO3)C[C@@]2(CCC[C@H](COC(=O)NCCc3ccc(Cl)cc3)O2)O1. The molecular weight excluding hydrogens is 674 g/mol. The fraction of sp³-hybridized carbons (Fsp3) is 0.543. The third kappa shape index (κ3) is 10.9. The van der Waals surface area contributed by atoms with E-state index in [4.69, 9.17) is 40.0 Å². The molecule has 272 valence electrons. The number of amides is 3. The van der Waals surface area contributed by atoms with Crippen molar-refractivity contribution in [3.8, 4) is 11.5 Å². The Bertz CT molecular complexity index is 1490. The van der Waals surface area contributed by atoms with Gasteiger partial charge in [0.2, 0.25) is 12.7 Å². The molecule has 0 aliphatic carbocycles. The van der Waals surface area contributed by atoms with Crippen LogP contribution in [0.25, 0.3) is 0 Å². The molecule has 0 bridgehead atoms. The summed E-state index contributed by atoms with van der Waals surface area (Å²) in [5.41, 5.74) is 1.84. The third-order valence-corrected chi connectivity index (χ3v) is 8.93. The second-order valence-electron chi connectivity index (χ2n) is 12.5. The van der Waals surface area contributed by atoms with Crippen LogP contribution >= 0.6 is 11.6 Å². The number of carbonyl (C=O) groups is 4. The lowest BCUT2D eigenvalue weighted by Gasteiger charge is -2.47. The van der Waals surface area contributed by atoms with Crippen molar-refractivity contribution in [2.75, 3.05) is 27.1 Å². The summed E-state index contributed by atoms with van der Waals surface area (Å²) in [6.07, 6.45) is 0.759. The summed E-state index contributed by atoms with van der Waals surface area (Å²) in [7, 11) is 1.25. The maximum absolute atomic E-state index is 13.0. The Labute approximate surface area is 295 Å². The van der Waals surface area contributed by atoms with Crippen LogP contribution in [-0.2, 0) is 46.2 Å². The van der Waals surface area contributed by atoms with E-state index in [-0.39, 0.29) is 38.7 Å². The molecule has 3 amide bonds. The number of methoxy groups -OCH3 is 1. The number of alkyl carbamates (subject to hydrolysis) is 2. The quantitative estimate of drug-likeness (QED) is 0.197. The maximum atomic E-state index is 13.0. The van der Waals surface area contributed by atoms with Crippen LogP contribution in [0.5, 0.6) is 11.5 Å². The number of hydrogen-bond donors (Lipinski definition) is 3. The predicted molar refractivity (Wildman–Crippen MR) is 179 cm³/mol. The van der Waals surface area contributed by atoms with Crippen molar-refractivity contribution < 1.29 is 52.3 Å². The van der Waals surface area contributed by atoms with Gasteiger partial charge in [-0.1, -0.05) is 29.8 Å². The van der Waals surface area contributed by atoms with Crippen molar-refractivity contribution in [3.05, 3.63) is 58.6 Å². The molecule has 2 fully saturated rings. The van der Waals surface area contributed by atoms with E-state index in [2.05, 4.69) is 20.7 Å². The van der Waals surface area contributed by atoms with Crippen molar-refractivity contribution >= 4 is 35.7 Å². The van der Waals surface area contributed by atoms with Crippen LogP contribution in [-0.4, -0.2) is 81.3 Å². The zero-order chi connectivity index (χ0) is 35.5. The third-order valence-electron chi connectivity index (χ3n) is 8.68. The molecule has 1 spiro atoms. The first kappa shape index (κ1) is 37.0. The fourth-order valence-electron chi connectivity index (χ4n) is 6.20. The van der Waals surface area contributed by atoms with Gasteiger partial charge in [0.05, 0.1) is 19.3 Å². The summed E-state index contributed by atoms with van der Waals surface area (Å²) in [5.74, 6) is -0.749. The highest BCUT2D eigenvalue weighted by molar-refractivity contribution is 6.30. The van der Waals surface area contributed by atoms with Crippen LogP contribution in [0.3, 0.4) is 0 Å². The zero-order valence-corrected chi connectivity index (χ0v) is 29.0. The molecule has 2 aromatic rings. The lowest BCUT2D eigenvalue weighted by molar-refractivity contribution is -0.329. The Morgan fingerprint density at radius 3 is 2.54 bits per heavy atom. The second kappa shape index (κ2) is 17.6. The molecule has 3 N–H and O–H groups in total. The van der Waals surface area contributed by atoms with Gasteiger partial charge in [-0.3, -0.25) is 4.79 Å². The van der Waals surface area contributed by atoms with Crippen LogP contribution in [0, 0.1) is 0 Å². The van der Waals surface area contributed by atoms with E-state index in [1.165, 1.54) is 7.11 Å². The molecule has 3 heterocycles. The van der Waals surface area contributed by atoms with Gasteiger partial charge in [-0.25, -0.2) is 14.4 Å². The fourth-order valence-corrected chi connectivity index (χ4v) is 6.33. The van der Waals surface area contributed by atoms with E-state index in [0.29, 0.717) is 55.2 Å². The predicted octanol–water partition coefficient (Wildman–Crippen LogP) is 4.53. The molecule has 0 aromatic heterocycles. The van der Waals surface area contributed by atoms with Crippen molar-refractivity contribution in [1.82, 2.24) is 16.0 Å². The summed E-state index contributed by atoms with van der Waals surface area (Å²) >= 11 is 5.94. The van der Waals surface area contributed by atoms with Gasteiger partial charge in [0.25, 0.3) is 0 Å². The van der Waals surface area contributed by atoms with E-state index in [0.717, 1.165) is 17.5 Å². The Morgan fingerprint density at radius 2 is 1.74 bits per heavy atom. The minimum atomic E-state index is -1.11. The summed E-state index contributed by atoms with van der Waals surface area (Å²) in [4.78, 5) is 49.8. The highest BCUT2D eigenvalue weighted by Gasteiger charge is 2.47. The second-order valence-corrected chi connectivity index (χ2v) is 13.0. The lowest BCUT2D eigenvalue weighted by Crippen LogP contribution is -2.53. The summed E-state index contributed by atoms with van der Waals surface area (Å²) in [5, 5.41) is 8.81. The largest absolute Gasteiger partial charge is 0.467 e. The standard InChI is InChI=1S/C35H44ClN3O11/c1-22(32(41)44-2)39-31(40)12-10-26-17-28(48-34(43)38-19-24-7-11-29-30(16-24)47-21-46-29)18-35(49-26)14-3-4-27(50-35)20-45-33(42)37-15-13-23-5-8-25(36)9-6-23/h5-9,11,16,22,26-28H,3-4,10,12-15,17-21H2,1-2H3,(H,37,42)(H,38,43)(H,39,40)/t22-,26+,27+,28+,35-/m0/s1. The smallest absolute Gasteiger partial charge is 0.407 e. The van der Waals surface area contributed by atoms with E-state index in [1.807, 2.05) is 18.2 Å². The van der Waals surface area contributed by atoms with Crippen molar-refractivity contribution in [3.63, 3.8) is 0 Å².